The molecule has 0 bridgehead atoms. The Morgan fingerprint density at radius 3 is 3.12 bits per heavy atom. The zero-order chi connectivity index (χ0) is 11.5. The van der Waals surface area contributed by atoms with Gasteiger partial charge in [-0.15, -0.1) is 0 Å². The normalized spacial score (nSPS) is 22.8. The Hall–Kier alpha value is -1.58. The lowest BCUT2D eigenvalue weighted by atomic mass is 10.2. The number of amides is 1. The fourth-order valence-corrected chi connectivity index (χ4v) is 1.93. The topological polar surface area (TPSA) is 68.0 Å². The maximum Gasteiger partial charge on any atom is 0.270 e. The summed E-state index contributed by atoms with van der Waals surface area (Å²) >= 11 is 0. The number of carbonyl (C=O) groups excluding carboxylic acids is 1. The molecule has 2 unspecified atom stereocenters. The highest BCUT2D eigenvalue weighted by molar-refractivity contribution is 5.93. The molecule has 1 amide bonds. The van der Waals surface area contributed by atoms with E-state index in [4.69, 9.17) is 5.73 Å². The molecule has 0 aliphatic heterocycles. The van der Waals surface area contributed by atoms with Crippen LogP contribution in [0.4, 0.5) is 5.82 Å². The van der Waals surface area contributed by atoms with Crippen molar-refractivity contribution < 1.29 is 4.79 Å². The third-order valence-electron chi connectivity index (χ3n) is 2.90. The molecular formula is C12H17N3O. The van der Waals surface area contributed by atoms with Crippen LogP contribution in [0, 0.1) is 5.92 Å². The number of nitrogen functional groups attached to an aromatic ring is 1. The number of rotatable bonds is 4. The molecule has 86 valence electrons. The largest absolute Gasteiger partial charge is 0.384 e. The molecular weight excluding hydrogens is 202 g/mol. The molecule has 1 heterocycles. The van der Waals surface area contributed by atoms with Crippen LogP contribution in [0.5, 0.6) is 0 Å². The Bertz CT molecular complexity index is 392. The first-order valence-electron chi connectivity index (χ1n) is 5.74. The average Bonchev–Trinajstić information content (AvgIpc) is 2.97. The minimum Gasteiger partial charge on any atom is -0.384 e. The quantitative estimate of drug-likeness (QED) is 0.808. The summed E-state index contributed by atoms with van der Waals surface area (Å²) in [5, 5.41) is 2.98. The SMILES string of the molecule is CCCC1CC1NC(=O)c1cccc(N)n1. The van der Waals surface area contributed by atoms with E-state index in [9.17, 15) is 4.79 Å². The number of carbonyl (C=O) groups is 1. The summed E-state index contributed by atoms with van der Waals surface area (Å²) in [7, 11) is 0. The van der Waals surface area contributed by atoms with Gasteiger partial charge in [-0.25, -0.2) is 4.98 Å². The summed E-state index contributed by atoms with van der Waals surface area (Å²) in [4.78, 5) is 15.8. The fourth-order valence-electron chi connectivity index (χ4n) is 1.93. The lowest BCUT2D eigenvalue weighted by Gasteiger charge is -2.04. The second kappa shape index (κ2) is 4.51. The minimum atomic E-state index is -0.115. The highest BCUT2D eigenvalue weighted by Gasteiger charge is 2.37. The van der Waals surface area contributed by atoms with E-state index in [2.05, 4.69) is 17.2 Å². The van der Waals surface area contributed by atoms with Gasteiger partial charge in [0.05, 0.1) is 0 Å². The van der Waals surface area contributed by atoms with Crippen molar-refractivity contribution in [1.29, 1.82) is 0 Å². The van der Waals surface area contributed by atoms with Crippen LogP contribution in [0.1, 0.15) is 36.7 Å². The molecule has 1 aliphatic rings. The number of pyridine rings is 1. The second-order valence-electron chi connectivity index (χ2n) is 4.31. The van der Waals surface area contributed by atoms with Crippen LogP contribution >= 0.6 is 0 Å². The van der Waals surface area contributed by atoms with Crippen molar-refractivity contribution in [2.24, 2.45) is 5.92 Å². The molecule has 16 heavy (non-hydrogen) atoms. The van der Waals surface area contributed by atoms with Crippen molar-refractivity contribution in [2.75, 3.05) is 5.73 Å². The molecule has 0 saturated heterocycles. The molecule has 1 fully saturated rings. The molecule has 0 radical (unpaired) electrons. The molecule has 4 nitrogen and oxygen atoms in total. The fraction of sp³-hybridized carbons (Fsp3) is 0.500. The first-order valence-corrected chi connectivity index (χ1v) is 5.74. The van der Waals surface area contributed by atoms with Crippen molar-refractivity contribution in [2.45, 2.75) is 32.2 Å². The van der Waals surface area contributed by atoms with Crippen molar-refractivity contribution in [3.8, 4) is 0 Å². The molecule has 2 rings (SSSR count). The molecule has 1 saturated carbocycles. The van der Waals surface area contributed by atoms with E-state index in [-0.39, 0.29) is 5.91 Å². The van der Waals surface area contributed by atoms with Gasteiger partial charge < -0.3 is 11.1 Å². The number of hydrogen-bond donors (Lipinski definition) is 2. The second-order valence-corrected chi connectivity index (χ2v) is 4.31. The molecule has 0 spiro atoms. The van der Waals surface area contributed by atoms with Crippen LogP contribution in [0.2, 0.25) is 0 Å². The molecule has 3 N–H and O–H groups in total. The van der Waals surface area contributed by atoms with Gasteiger partial charge >= 0.3 is 0 Å². The Kier molecular flexibility index (Phi) is 3.08. The standard InChI is InChI=1S/C12H17N3O/c1-2-4-8-7-10(8)15-12(16)9-5-3-6-11(13)14-9/h3,5-6,8,10H,2,4,7H2,1H3,(H2,13,14)(H,15,16). The van der Waals surface area contributed by atoms with Crippen molar-refractivity contribution >= 4 is 11.7 Å². The van der Waals surface area contributed by atoms with Crippen molar-refractivity contribution in [1.82, 2.24) is 10.3 Å². The maximum absolute atomic E-state index is 11.8. The van der Waals surface area contributed by atoms with Gasteiger partial charge in [-0.3, -0.25) is 4.79 Å². The van der Waals surface area contributed by atoms with E-state index in [1.165, 1.54) is 12.8 Å². The molecule has 4 heteroatoms. The maximum atomic E-state index is 11.8. The summed E-state index contributed by atoms with van der Waals surface area (Å²) in [5.74, 6) is 0.930. The third-order valence-corrected chi connectivity index (χ3v) is 2.90. The Morgan fingerprint density at radius 2 is 2.44 bits per heavy atom. The highest BCUT2D eigenvalue weighted by atomic mass is 16.2. The summed E-state index contributed by atoms with van der Waals surface area (Å²) in [6.45, 7) is 2.16. The first kappa shape index (κ1) is 10.9. The van der Waals surface area contributed by atoms with E-state index < -0.39 is 0 Å². The van der Waals surface area contributed by atoms with Gasteiger partial charge in [0.15, 0.2) is 0 Å². The van der Waals surface area contributed by atoms with Crippen LogP contribution in [-0.2, 0) is 0 Å². The number of aromatic nitrogens is 1. The number of hydrogen-bond acceptors (Lipinski definition) is 3. The van der Waals surface area contributed by atoms with Gasteiger partial charge in [-0.2, -0.15) is 0 Å². The van der Waals surface area contributed by atoms with Gasteiger partial charge in [0.1, 0.15) is 11.5 Å². The summed E-state index contributed by atoms with van der Waals surface area (Å²) in [5.41, 5.74) is 5.93. The van der Waals surface area contributed by atoms with E-state index in [0.29, 0.717) is 23.5 Å². The highest BCUT2D eigenvalue weighted by Crippen LogP contribution is 2.34. The van der Waals surface area contributed by atoms with E-state index in [1.54, 1.807) is 18.2 Å². The van der Waals surface area contributed by atoms with Crippen LogP contribution in [0.25, 0.3) is 0 Å². The van der Waals surface area contributed by atoms with Gasteiger partial charge in [-0.05, 0) is 30.9 Å². The number of nitrogens with zero attached hydrogens (tertiary/aromatic N) is 1. The zero-order valence-corrected chi connectivity index (χ0v) is 9.44. The first-order chi connectivity index (χ1) is 7.70. The zero-order valence-electron chi connectivity index (χ0n) is 9.44. The molecule has 1 aromatic heterocycles. The van der Waals surface area contributed by atoms with Gasteiger partial charge in [-0.1, -0.05) is 19.4 Å². The van der Waals surface area contributed by atoms with Crippen molar-refractivity contribution in [3.05, 3.63) is 23.9 Å². The smallest absolute Gasteiger partial charge is 0.270 e. The molecule has 2 atom stereocenters. The van der Waals surface area contributed by atoms with E-state index in [1.807, 2.05) is 0 Å². The van der Waals surface area contributed by atoms with Crippen LogP contribution in [0.3, 0.4) is 0 Å². The van der Waals surface area contributed by atoms with Gasteiger partial charge in [0, 0.05) is 6.04 Å². The monoisotopic (exact) mass is 219 g/mol. The Morgan fingerprint density at radius 1 is 1.62 bits per heavy atom. The number of nitrogens with one attached hydrogen (secondary N) is 1. The van der Waals surface area contributed by atoms with Crippen LogP contribution in [0.15, 0.2) is 18.2 Å². The molecule has 1 aliphatic carbocycles. The predicted molar refractivity (Wildman–Crippen MR) is 62.9 cm³/mol. The Balaban J connectivity index is 1.90. The number of anilines is 1. The lowest BCUT2D eigenvalue weighted by molar-refractivity contribution is 0.0944. The Labute approximate surface area is 95.3 Å². The van der Waals surface area contributed by atoms with E-state index >= 15 is 0 Å². The van der Waals surface area contributed by atoms with Crippen LogP contribution in [-0.4, -0.2) is 16.9 Å². The summed E-state index contributed by atoms with van der Waals surface area (Å²) < 4.78 is 0. The van der Waals surface area contributed by atoms with Gasteiger partial charge in [0.2, 0.25) is 0 Å². The number of nitrogens with two attached hydrogens (primary N) is 1. The predicted octanol–water partition coefficient (Wildman–Crippen LogP) is 1.58. The van der Waals surface area contributed by atoms with Crippen LogP contribution < -0.4 is 11.1 Å². The van der Waals surface area contributed by atoms with Gasteiger partial charge in [0.25, 0.3) is 5.91 Å². The third kappa shape index (κ3) is 2.51. The molecule has 0 aromatic carbocycles. The van der Waals surface area contributed by atoms with E-state index in [0.717, 1.165) is 6.42 Å². The minimum absolute atomic E-state index is 0.115. The van der Waals surface area contributed by atoms with Crippen molar-refractivity contribution in [3.63, 3.8) is 0 Å². The average molecular weight is 219 g/mol. The molecule has 1 aromatic rings. The lowest BCUT2D eigenvalue weighted by Crippen LogP contribution is -2.27. The summed E-state index contributed by atoms with van der Waals surface area (Å²) in [6, 6.07) is 5.44. The summed E-state index contributed by atoms with van der Waals surface area (Å²) in [6.07, 6.45) is 3.46.